The van der Waals surface area contributed by atoms with Gasteiger partial charge in [0.2, 0.25) is 5.95 Å². The van der Waals surface area contributed by atoms with Crippen LogP contribution >= 0.6 is 11.6 Å². The predicted molar refractivity (Wildman–Crippen MR) is 114 cm³/mol. The Bertz CT molecular complexity index is 1010. The summed E-state index contributed by atoms with van der Waals surface area (Å²) in [5.41, 5.74) is 0.486. The van der Waals surface area contributed by atoms with E-state index in [0.717, 1.165) is 38.6 Å². The quantitative estimate of drug-likeness (QED) is 0.661. The molecule has 31 heavy (non-hydrogen) atoms. The van der Waals surface area contributed by atoms with Gasteiger partial charge >= 0.3 is 0 Å². The van der Waals surface area contributed by atoms with Crippen molar-refractivity contribution in [1.29, 1.82) is 0 Å². The zero-order valence-electron chi connectivity index (χ0n) is 17.2. The van der Waals surface area contributed by atoms with Crippen LogP contribution in [0.3, 0.4) is 0 Å². The van der Waals surface area contributed by atoms with Gasteiger partial charge in [0.1, 0.15) is 10.7 Å². The molecule has 0 spiro atoms. The first-order chi connectivity index (χ1) is 14.8. The largest absolute Gasteiger partial charge is 0.348 e. The fourth-order valence-electron chi connectivity index (χ4n) is 4.14. The van der Waals surface area contributed by atoms with Crippen LogP contribution in [0.4, 0.5) is 10.3 Å². The number of rotatable bonds is 5. The van der Waals surface area contributed by atoms with E-state index in [1.807, 2.05) is 0 Å². The average Bonchev–Trinajstić information content (AvgIpc) is 2.74. The van der Waals surface area contributed by atoms with Crippen molar-refractivity contribution < 1.29 is 22.3 Å². The molecule has 2 fully saturated rings. The minimum Gasteiger partial charge on any atom is -0.348 e. The number of benzene rings is 1. The van der Waals surface area contributed by atoms with Crippen LogP contribution in [0.15, 0.2) is 35.5 Å². The predicted octanol–water partition coefficient (Wildman–Crippen LogP) is 3.64. The Morgan fingerprint density at radius 3 is 2.35 bits per heavy atom. The Morgan fingerprint density at radius 2 is 1.77 bits per heavy atom. The van der Waals surface area contributed by atoms with Crippen LogP contribution in [0.5, 0.6) is 0 Å². The summed E-state index contributed by atoms with van der Waals surface area (Å²) in [4.78, 5) is 10.4. The number of aromatic nitrogens is 2. The number of ether oxygens (including phenoxy) is 2. The van der Waals surface area contributed by atoms with E-state index in [1.165, 1.54) is 12.1 Å². The molecule has 0 atom stereocenters. The van der Waals surface area contributed by atoms with Gasteiger partial charge in [-0.15, -0.1) is 0 Å². The van der Waals surface area contributed by atoms with Crippen LogP contribution in [-0.4, -0.2) is 50.9 Å². The number of hydrogen-bond donors (Lipinski definition) is 0. The second kappa shape index (κ2) is 9.36. The van der Waals surface area contributed by atoms with E-state index in [9.17, 15) is 12.8 Å². The second-order valence-electron chi connectivity index (χ2n) is 8.19. The lowest BCUT2D eigenvalue weighted by atomic mass is 9.87. The van der Waals surface area contributed by atoms with Gasteiger partial charge in [0.25, 0.3) is 0 Å². The Morgan fingerprint density at radius 1 is 1.13 bits per heavy atom. The molecule has 2 aromatic rings. The molecule has 1 aromatic carbocycles. The zero-order chi connectivity index (χ0) is 22.0. The van der Waals surface area contributed by atoms with Crippen LogP contribution in [0.25, 0.3) is 0 Å². The molecule has 10 heteroatoms. The van der Waals surface area contributed by atoms with Gasteiger partial charge < -0.3 is 14.4 Å². The monoisotopic (exact) mass is 469 g/mol. The molecule has 168 valence electrons. The minimum atomic E-state index is -3.60. The summed E-state index contributed by atoms with van der Waals surface area (Å²) in [6.07, 6.45) is 6.63. The smallest absolute Gasteiger partial charge is 0.225 e. The van der Waals surface area contributed by atoms with E-state index in [1.54, 1.807) is 18.5 Å². The number of anilines is 1. The highest BCUT2D eigenvalue weighted by Crippen LogP contribution is 2.32. The molecule has 2 saturated heterocycles. The maximum absolute atomic E-state index is 14.2. The van der Waals surface area contributed by atoms with E-state index in [0.29, 0.717) is 35.7 Å². The highest BCUT2D eigenvalue weighted by molar-refractivity contribution is 7.90. The number of nitrogens with zero attached hydrogens (tertiary/aromatic N) is 3. The first-order valence-corrected chi connectivity index (χ1v) is 12.5. The molecule has 7 nitrogen and oxygen atoms in total. The molecular formula is C21H25ClFN3O4S. The van der Waals surface area contributed by atoms with Crippen molar-refractivity contribution in [1.82, 2.24) is 9.97 Å². The Labute approximate surface area is 186 Å². The van der Waals surface area contributed by atoms with Gasteiger partial charge in [-0.3, -0.25) is 0 Å². The van der Waals surface area contributed by atoms with Crippen molar-refractivity contribution in [2.24, 2.45) is 11.8 Å². The highest BCUT2D eigenvalue weighted by Gasteiger charge is 2.29. The lowest BCUT2D eigenvalue weighted by molar-refractivity contribution is -0.207. The summed E-state index contributed by atoms with van der Waals surface area (Å²) >= 11 is 5.85. The molecular weight excluding hydrogens is 445 g/mol. The zero-order valence-corrected chi connectivity index (χ0v) is 18.8. The molecule has 0 radical (unpaired) electrons. The van der Waals surface area contributed by atoms with E-state index < -0.39 is 21.9 Å². The summed E-state index contributed by atoms with van der Waals surface area (Å²) in [6.45, 7) is 2.85. The maximum Gasteiger partial charge on any atom is 0.225 e. The molecule has 1 aromatic heterocycles. The van der Waals surface area contributed by atoms with Crippen LogP contribution in [0.2, 0.25) is 5.02 Å². The average molecular weight is 470 g/mol. The summed E-state index contributed by atoms with van der Waals surface area (Å²) in [7, 11) is -3.60. The van der Waals surface area contributed by atoms with Crippen LogP contribution < -0.4 is 4.90 Å². The van der Waals surface area contributed by atoms with Crippen LogP contribution in [-0.2, 0) is 19.3 Å². The first kappa shape index (κ1) is 22.4. The van der Waals surface area contributed by atoms with Crippen molar-refractivity contribution in [3.63, 3.8) is 0 Å². The summed E-state index contributed by atoms with van der Waals surface area (Å²) < 4.78 is 48.9. The van der Waals surface area contributed by atoms with Gasteiger partial charge in [0.05, 0.1) is 30.6 Å². The lowest BCUT2D eigenvalue weighted by Crippen LogP contribution is -2.37. The van der Waals surface area contributed by atoms with E-state index in [4.69, 9.17) is 21.1 Å². The number of piperidine rings is 1. The normalized spacial score (nSPS) is 23.1. The molecule has 0 amide bonds. The molecule has 0 saturated carbocycles. The third-order valence-corrected chi connectivity index (χ3v) is 7.09. The van der Waals surface area contributed by atoms with Crippen molar-refractivity contribution in [2.75, 3.05) is 37.5 Å². The molecule has 4 rings (SSSR count). The molecule has 0 N–H and O–H groups in total. The van der Waals surface area contributed by atoms with Gasteiger partial charge in [-0.2, -0.15) is 0 Å². The van der Waals surface area contributed by atoms with Gasteiger partial charge in [-0.25, -0.2) is 22.8 Å². The van der Waals surface area contributed by atoms with Gasteiger partial charge in [0, 0.05) is 30.8 Å². The minimum absolute atomic E-state index is 0.278. The Hall–Kier alpha value is -1.81. The van der Waals surface area contributed by atoms with Crippen molar-refractivity contribution in [3.8, 4) is 0 Å². The molecule has 0 aliphatic carbocycles. The number of hydrogen-bond acceptors (Lipinski definition) is 7. The highest BCUT2D eigenvalue weighted by atomic mass is 35.5. The molecule has 0 unspecified atom stereocenters. The van der Waals surface area contributed by atoms with E-state index >= 15 is 0 Å². The van der Waals surface area contributed by atoms with E-state index in [-0.39, 0.29) is 10.8 Å². The number of sulfone groups is 1. The third-order valence-electron chi connectivity index (χ3n) is 5.76. The van der Waals surface area contributed by atoms with Gasteiger partial charge in [0.15, 0.2) is 16.1 Å². The summed E-state index contributed by atoms with van der Waals surface area (Å²) in [5.74, 6) is 0.776. The Kier molecular flexibility index (Phi) is 6.76. The molecule has 0 bridgehead atoms. The van der Waals surface area contributed by atoms with Gasteiger partial charge in [-0.05, 0) is 37.3 Å². The molecule has 2 aliphatic rings. The van der Waals surface area contributed by atoms with Crippen LogP contribution in [0.1, 0.15) is 31.1 Å². The second-order valence-corrected chi connectivity index (χ2v) is 10.6. The molecule has 3 heterocycles. The van der Waals surface area contributed by atoms with Crippen molar-refractivity contribution >= 4 is 27.4 Å². The number of halogens is 2. The summed E-state index contributed by atoms with van der Waals surface area (Å²) in [5, 5.41) is 0.531. The van der Waals surface area contributed by atoms with E-state index in [2.05, 4.69) is 14.9 Å². The molecule has 2 aliphatic heterocycles. The van der Waals surface area contributed by atoms with Crippen LogP contribution in [0, 0.1) is 17.7 Å². The standard InChI is InChI=1S/C21H25ClFN3O4S/c1-31(27,28)19-3-2-16(9-18(19)23)20-29-12-15(13-30-20)8-14-4-6-26(7-5-14)21-24-10-17(22)11-25-21/h2-3,9-11,14-15,20H,4-8,12-13H2,1H3/t15-,20+. The SMILES string of the molecule is CS(=O)(=O)c1ccc([C@H]2OC[C@@H](CC3CCN(c4ncc(Cl)cn4)CC3)CO2)cc1F. The third kappa shape index (κ3) is 5.52. The first-order valence-electron chi connectivity index (χ1n) is 10.2. The fourth-order valence-corrected chi connectivity index (χ4v) is 4.97. The van der Waals surface area contributed by atoms with Crippen molar-refractivity contribution in [3.05, 3.63) is 47.0 Å². The van der Waals surface area contributed by atoms with Gasteiger partial charge in [-0.1, -0.05) is 17.7 Å². The fraction of sp³-hybridized carbons (Fsp3) is 0.524. The Balaban J connectivity index is 1.25. The van der Waals surface area contributed by atoms with Crippen molar-refractivity contribution in [2.45, 2.75) is 30.4 Å². The topological polar surface area (TPSA) is 81.6 Å². The summed E-state index contributed by atoms with van der Waals surface area (Å²) in [6, 6.07) is 3.98. The lowest BCUT2D eigenvalue weighted by Gasteiger charge is -2.35. The maximum atomic E-state index is 14.2.